The van der Waals surface area contributed by atoms with E-state index < -0.39 is 33.4 Å². The predicted molar refractivity (Wildman–Crippen MR) is 95.0 cm³/mol. The molecule has 0 radical (unpaired) electrons. The molecule has 5 amide bonds. The largest absolute Gasteiger partial charge is 0.332 e. The summed E-state index contributed by atoms with van der Waals surface area (Å²) in [6, 6.07) is 4.37. The number of amides is 5. The molecule has 11 heteroatoms. The fraction of sp³-hybridized carbons (Fsp3) is 0.375. The molecule has 0 spiro atoms. The first-order valence-electron chi connectivity index (χ1n) is 7.98. The molecule has 0 saturated carbocycles. The van der Waals surface area contributed by atoms with Crippen molar-refractivity contribution < 1.29 is 27.6 Å². The van der Waals surface area contributed by atoms with Crippen molar-refractivity contribution in [3.63, 3.8) is 0 Å². The minimum Gasteiger partial charge on any atom is -0.326 e. The highest BCUT2D eigenvalue weighted by Crippen LogP contribution is 2.26. The van der Waals surface area contributed by atoms with Crippen molar-refractivity contribution in [2.24, 2.45) is 0 Å². The van der Waals surface area contributed by atoms with E-state index in [1.807, 2.05) is 0 Å². The number of imide groups is 2. The van der Waals surface area contributed by atoms with Crippen LogP contribution >= 0.6 is 0 Å². The van der Waals surface area contributed by atoms with E-state index in [0.717, 1.165) is 0 Å². The Hall–Kier alpha value is -2.79. The van der Waals surface area contributed by atoms with Crippen LogP contribution in [0.4, 0.5) is 10.5 Å². The SMILES string of the molecule is CCC1(NS(=O)(=O)c2ccc(NC(C)=O)cc2)C(=O)N(C)C(=O)N(C)C1=O. The smallest absolute Gasteiger partial charge is 0.326 e. The van der Waals surface area contributed by atoms with Gasteiger partial charge in [-0.1, -0.05) is 6.92 Å². The molecule has 10 nitrogen and oxygen atoms in total. The Morgan fingerprint density at radius 1 is 1.04 bits per heavy atom. The highest BCUT2D eigenvalue weighted by atomic mass is 32.2. The zero-order valence-electron chi connectivity index (χ0n) is 15.3. The lowest BCUT2D eigenvalue weighted by Crippen LogP contribution is -2.73. The number of rotatable bonds is 5. The maximum Gasteiger partial charge on any atom is 0.332 e. The van der Waals surface area contributed by atoms with Crippen LogP contribution in [0.1, 0.15) is 20.3 Å². The third-order valence-electron chi connectivity index (χ3n) is 4.24. The molecule has 0 bridgehead atoms. The Morgan fingerprint density at radius 2 is 1.52 bits per heavy atom. The lowest BCUT2D eigenvalue weighted by Gasteiger charge is -2.41. The van der Waals surface area contributed by atoms with Crippen LogP contribution in [0, 0.1) is 0 Å². The van der Waals surface area contributed by atoms with Gasteiger partial charge in [0.05, 0.1) is 4.90 Å². The minimum absolute atomic E-state index is 0.185. The fourth-order valence-corrected chi connectivity index (χ4v) is 4.12. The van der Waals surface area contributed by atoms with Crippen LogP contribution in [0.25, 0.3) is 0 Å². The number of carbonyl (C=O) groups excluding carboxylic acids is 4. The van der Waals surface area contributed by atoms with E-state index in [9.17, 15) is 27.6 Å². The summed E-state index contributed by atoms with van der Waals surface area (Å²) in [4.78, 5) is 49.4. The van der Waals surface area contributed by atoms with Gasteiger partial charge in [-0.05, 0) is 30.7 Å². The van der Waals surface area contributed by atoms with Crippen molar-refractivity contribution in [1.82, 2.24) is 14.5 Å². The average molecular weight is 396 g/mol. The van der Waals surface area contributed by atoms with E-state index in [4.69, 9.17) is 0 Å². The summed E-state index contributed by atoms with van der Waals surface area (Å²) in [7, 11) is -1.92. The third-order valence-corrected chi connectivity index (χ3v) is 5.75. The zero-order chi connectivity index (χ0) is 20.6. The first-order valence-corrected chi connectivity index (χ1v) is 9.46. The highest BCUT2D eigenvalue weighted by molar-refractivity contribution is 7.89. The van der Waals surface area contributed by atoms with Gasteiger partial charge >= 0.3 is 6.03 Å². The monoisotopic (exact) mass is 396 g/mol. The Morgan fingerprint density at radius 3 is 1.93 bits per heavy atom. The minimum atomic E-state index is -4.27. The van der Waals surface area contributed by atoms with Gasteiger partial charge in [-0.2, -0.15) is 4.72 Å². The van der Waals surface area contributed by atoms with Crippen LogP contribution in [0.5, 0.6) is 0 Å². The molecule has 1 aliphatic rings. The molecule has 1 heterocycles. The summed E-state index contributed by atoms with van der Waals surface area (Å²) in [6.07, 6.45) is -0.185. The van der Waals surface area contributed by atoms with Crippen molar-refractivity contribution in [3.05, 3.63) is 24.3 Å². The number of likely N-dealkylation sites (N-methyl/N-ethyl adjacent to an activating group) is 2. The predicted octanol–water partition coefficient (Wildman–Crippen LogP) is 0.123. The van der Waals surface area contributed by atoms with Gasteiger partial charge in [0.2, 0.25) is 15.9 Å². The molecular weight excluding hydrogens is 376 g/mol. The number of hydrogen-bond acceptors (Lipinski definition) is 6. The van der Waals surface area contributed by atoms with E-state index in [1.165, 1.54) is 52.2 Å². The highest BCUT2D eigenvalue weighted by Gasteiger charge is 2.56. The van der Waals surface area contributed by atoms with Crippen LogP contribution in [-0.2, 0) is 24.4 Å². The second kappa shape index (κ2) is 7.08. The fourth-order valence-electron chi connectivity index (χ4n) is 2.73. The number of hydrogen-bond donors (Lipinski definition) is 2. The van der Waals surface area contributed by atoms with Crippen LogP contribution < -0.4 is 10.0 Å². The number of nitrogens with zero attached hydrogens (tertiary/aromatic N) is 2. The van der Waals surface area contributed by atoms with E-state index in [2.05, 4.69) is 10.0 Å². The van der Waals surface area contributed by atoms with Gasteiger partial charge in [0.25, 0.3) is 11.8 Å². The van der Waals surface area contributed by atoms with Gasteiger partial charge in [0.15, 0.2) is 5.54 Å². The molecule has 0 atom stereocenters. The molecule has 1 fully saturated rings. The van der Waals surface area contributed by atoms with E-state index in [1.54, 1.807) is 0 Å². The number of carbonyl (C=O) groups is 4. The lowest BCUT2D eigenvalue weighted by atomic mass is 9.92. The number of sulfonamides is 1. The Balaban J connectivity index is 2.41. The number of urea groups is 1. The molecule has 1 aliphatic heterocycles. The van der Waals surface area contributed by atoms with Gasteiger partial charge in [0, 0.05) is 26.7 Å². The second-order valence-electron chi connectivity index (χ2n) is 6.08. The lowest BCUT2D eigenvalue weighted by molar-refractivity contribution is -0.151. The molecule has 0 unspecified atom stereocenters. The molecule has 0 aromatic heterocycles. The quantitative estimate of drug-likeness (QED) is 0.680. The first kappa shape index (κ1) is 20.5. The average Bonchev–Trinajstić information content (AvgIpc) is 2.62. The maximum atomic E-state index is 12.8. The van der Waals surface area contributed by atoms with Gasteiger partial charge in [-0.25, -0.2) is 13.2 Å². The van der Waals surface area contributed by atoms with Gasteiger partial charge < -0.3 is 5.32 Å². The van der Waals surface area contributed by atoms with Gasteiger partial charge in [0.1, 0.15) is 0 Å². The summed E-state index contributed by atoms with van der Waals surface area (Å²) < 4.78 is 27.7. The van der Waals surface area contributed by atoms with Crippen molar-refractivity contribution in [3.8, 4) is 0 Å². The molecule has 27 heavy (non-hydrogen) atoms. The normalized spacial score (nSPS) is 17.3. The third kappa shape index (κ3) is 3.55. The Labute approximate surface area is 156 Å². The molecular formula is C16H20N4O6S. The molecule has 1 aromatic rings. The summed E-state index contributed by atoms with van der Waals surface area (Å²) in [5.41, 5.74) is -1.73. The summed E-state index contributed by atoms with van der Waals surface area (Å²) >= 11 is 0. The molecule has 1 saturated heterocycles. The standard InChI is InChI=1S/C16H20N4O6S/c1-5-16(13(22)19(3)15(24)20(4)14(16)23)18-27(25,26)12-8-6-11(7-9-12)17-10(2)21/h6-9,18H,5H2,1-4H3,(H,17,21). The summed E-state index contributed by atoms with van der Waals surface area (Å²) in [6.45, 7) is 2.78. The van der Waals surface area contributed by atoms with Crippen molar-refractivity contribution in [2.45, 2.75) is 30.7 Å². The maximum absolute atomic E-state index is 12.8. The molecule has 2 rings (SSSR count). The number of barbiturate groups is 1. The molecule has 146 valence electrons. The topological polar surface area (TPSA) is 133 Å². The molecule has 2 N–H and O–H groups in total. The van der Waals surface area contributed by atoms with Crippen LogP contribution in [0.15, 0.2) is 29.2 Å². The Bertz CT molecular complexity index is 885. The second-order valence-corrected chi connectivity index (χ2v) is 7.76. The van der Waals surface area contributed by atoms with Crippen LogP contribution in [-0.4, -0.2) is 61.6 Å². The number of nitrogens with one attached hydrogen (secondary N) is 2. The van der Waals surface area contributed by atoms with E-state index in [0.29, 0.717) is 15.5 Å². The van der Waals surface area contributed by atoms with Gasteiger partial charge in [-0.3, -0.25) is 24.2 Å². The summed E-state index contributed by atoms with van der Waals surface area (Å²) in [5.74, 6) is -2.21. The summed E-state index contributed by atoms with van der Waals surface area (Å²) in [5, 5.41) is 2.50. The van der Waals surface area contributed by atoms with E-state index >= 15 is 0 Å². The zero-order valence-corrected chi connectivity index (χ0v) is 16.1. The van der Waals surface area contributed by atoms with Crippen molar-refractivity contribution in [2.75, 3.05) is 19.4 Å². The van der Waals surface area contributed by atoms with E-state index in [-0.39, 0.29) is 17.2 Å². The number of benzene rings is 1. The first-order chi connectivity index (χ1) is 12.5. The van der Waals surface area contributed by atoms with Crippen LogP contribution in [0.3, 0.4) is 0 Å². The van der Waals surface area contributed by atoms with Crippen LogP contribution in [0.2, 0.25) is 0 Å². The van der Waals surface area contributed by atoms with Crippen molar-refractivity contribution >= 4 is 39.5 Å². The number of anilines is 1. The molecule has 1 aromatic carbocycles. The van der Waals surface area contributed by atoms with Gasteiger partial charge in [-0.15, -0.1) is 0 Å². The van der Waals surface area contributed by atoms with Crippen molar-refractivity contribution in [1.29, 1.82) is 0 Å². The molecule has 0 aliphatic carbocycles. The Kier molecular flexibility index (Phi) is 5.38.